The van der Waals surface area contributed by atoms with Gasteiger partial charge in [-0.15, -0.1) is 16.8 Å². The highest BCUT2D eigenvalue weighted by atomic mass is 35.5. The summed E-state index contributed by atoms with van der Waals surface area (Å²) in [6.45, 7) is 6.62. The van der Waals surface area contributed by atoms with Crippen molar-refractivity contribution in [3.8, 4) is 11.4 Å². The lowest BCUT2D eigenvalue weighted by molar-refractivity contribution is -0.119. The van der Waals surface area contributed by atoms with Crippen LogP contribution in [0.3, 0.4) is 0 Å². The van der Waals surface area contributed by atoms with Crippen LogP contribution in [0, 0.1) is 5.92 Å². The lowest BCUT2D eigenvalue weighted by Crippen LogP contribution is -2.41. The summed E-state index contributed by atoms with van der Waals surface area (Å²) in [6.07, 6.45) is 6.53. The number of hydrogen-bond donors (Lipinski definition) is 1. The van der Waals surface area contributed by atoms with E-state index >= 15 is 0 Å². The molecule has 1 saturated carbocycles. The largest absolute Gasteiger partial charge is 0.352 e. The van der Waals surface area contributed by atoms with Crippen LogP contribution in [0.15, 0.2) is 42.1 Å². The number of rotatable bonds is 7. The zero-order chi connectivity index (χ0) is 19.2. The second kappa shape index (κ2) is 9.42. The third-order valence-corrected chi connectivity index (χ3v) is 6.14. The van der Waals surface area contributed by atoms with E-state index in [1.165, 1.54) is 31.0 Å². The van der Waals surface area contributed by atoms with Crippen molar-refractivity contribution in [1.29, 1.82) is 0 Å². The van der Waals surface area contributed by atoms with Gasteiger partial charge in [0, 0.05) is 23.2 Å². The van der Waals surface area contributed by atoms with Crippen molar-refractivity contribution in [2.24, 2.45) is 5.92 Å². The lowest BCUT2D eigenvalue weighted by Gasteiger charge is -2.29. The molecule has 27 heavy (non-hydrogen) atoms. The van der Waals surface area contributed by atoms with Crippen molar-refractivity contribution in [3.63, 3.8) is 0 Å². The maximum absolute atomic E-state index is 12.4. The molecule has 1 N–H and O–H groups in total. The Balaban J connectivity index is 1.66. The van der Waals surface area contributed by atoms with Crippen LogP contribution >= 0.6 is 23.4 Å². The van der Waals surface area contributed by atoms with Gasteiger partial charge in [-0.1, -0.05) is 49.2 Å². The zero-order valence-electron chi connectivity index (χ0n) is 15.5. The number of carbonyl (C=O) groups is 1. The molecule has 7 heteroatoms. The number of amides is 1. The summed E-state index contributed by atoms with van der Waals surface area (Å²) in [5, 5.41) is 13.2. The molecule has 0 bridgehead atoms. The van der Waals surface area contributed by atoms with Crippen LogP contribution in [0.1, 0.15) is 32.6 Å². The maximum Gasteiger partial charge on any atom is 0.230 e. The van der Waals surface area contributed by atoms with Gasteiger partial charge in [0.05, 0.1) is 5.75 Å². The fraction of sp³-hybridized carbons (Fsp3) is 0.450. The smallest absolute Gasteiger partial charge is 0.230 e. The van der Waals surface area contributed by atoms with Gasteiger partial charge in [-0.05, 0) is 43.0 Å². The molecule has 0 radical (unpaired) electrons. The van der Waals surface area contributed by atoms with E-state index in [0.717, 1.165) is 17.8 Å². The SMILES string of the molecule is C=CCn1c(SCC(=O)N[C@H]2CCCC[C@@H]2C)nnc1-c1ccc(Cl)cc1. The summed E-state index contributed by atoms with van der Waals surface area (Å²) in [7, 11) is 0. The standard InChI is InChI=1S/C20H25ClN4OS/c1-3-12-25-19(15-8-10-16(21)11-9-15)23-24-20(25)27-13-18(26)22-17-7-5-4-6-14(17)2/h3,8-11,14,17H,1,4-7,12-13H2,2H3,(H,22,26)/t14-,17-/m0/s1. The maximum atomic E-state index is 12.4. The van der Waals surface area contributed by atoms with E-state index in [9.17, 15) is 4.79 Å². The van der Waals surface area contributed by atoms with E-state index in [0.29, 0.717) is 34.4 Å². The Hall–Kier alpha value is -1.79. The zero-order valence-corrected chi connectivity index (χ0v) is 17.1. The quantitative estimate of drug-likeness (QED) is 0.542. The minimum absolute atomic E-state index is 0.0555. The average molecular weight is 405 g/mol. The van der Waals surface area contributed by atoms with Gasteiger partial charge >= 0.3 is 0 Å². The third-order valence-electron chi connectivity index (χ3n) is 4.92. The number of carbonyl (C=O) groups excluding carboxylic acids is 1. The van der Waals surface area contributed by atoms with Crippen LogP contribution < -0.4 is 5.32 Å². The van der Waals surface area contributed by atoms with E-state index in [-0.39, 0.29) is 5.91 Å². The average Bonchev–Trinajstić information content (AvgIpc) is 3.06. The number of thioether (sulfide) groups is 1. The van der Waals surface area contributed by atoms with Gasteiger partial charge in [0.1, 0.15) is 0 Å². The molecule has 2 aromatic rings. The molecule has 3 rings (SSSR count). The minimum Gasteiger partial charge on any atom is -0.352 e. The molecule has 1 aliphatic rings. The van der Waals surface area contributed by atoms with Gasteiger partial charge in [0.15, 0.2) is 11.0 Å². The topological polar surface area (TPSA) is 59.8 Å². The molecule has 1 fully saturated rings. The summed E-state index contributed by atoms with van der Waals surface area (Å²) in [5.41, 5.74) is 0.932. The van der Waals surface area contributed by atoms with Crippen molar-refractivity contribution < 1.29 is 4.79 Å². The predicted molar refractivity (Wildman–Crippen MR) is 111 cm³/mol. The summed E-state index contributed by atoms with van der Waals surface area (Å²) in [4.78, 5) is 12.4. The first kappa shape index (κ1) is 20.0. The van der Waals surface area contributed by atoms with E-state index < -0.39 is 0 Å². The molecule has 2 atom stereocenters. The van der Waals surface area contributed by atoms with Gasteiger partial charge in [0.25, 0.3) is 0 Å². The second-order valence-corrected chi connectivity index (χ2v) is 8.32. The van der Waals surface area contributed by atoms with E-state index in [4.69, 9.17) is 11.6 Å². The first-order valence-corrected chi connectivity index (χ1v) is 10.7. The number of allylic oxidation sites excluding steroid dienone is 1. The number of nitrogens with one attached hydrogen (secondary N) is 1. The molecule has 1 aromatic heterocycles. The first-order chi connectivity index (χ1) is 13.1. The molecule has 144 valence electrons. The van der Waals surface area contributed by atoms with Gasteiger partial charge in [-0.25, -0.2) is 0 Å². The molecule has 5 nitrogen and oxygen atoms in total. The molecule has 0 unspecified atom stereocenters. The van der Waals surface area contributed by atoms with Crippen molar-refractivity contribution in [2.45, 2.75) is 50.4 Å². The molecule has 1 aliphatic carbocycles. The van der Waals surface area contributed by atoms with Crippen molar-refractivity contribution in [1.82, 2.24) is 20.1 Å². The molecule has 1 heterocycles. The third kappa shape index (κ3) is 5.14. The van der Waals surface area contributed by atoms with E-state index in [1.807, 2.05) is 28.8 Å². The van der Waals surface area contributed by atoms with Crippen molar-refractivity contribution in [3.05, 3.63) is 41.9 Å². The van der Waals surface area contributed by atoms with Crippen molar-refractivity contribution >= 4 is 29.3 Å². The summed E-state index contributed by atoms with van der Waals surface area (Å²) >= 11 is 7.38. The highest BCUT2D eigenvalue weighted by molar-refractivity contribution is 7.99. The summed E-state index contributed by atoms with van der Waals surface area (Å²) in [6, 6.07) is 7.78. The molecule has 0 spiro atoms. The molecule has 0 saturated heterocycles. The second-order valence-electron chi connectivity index (χ2n) is 6.94. The lowest BCUT2D eigenvalue weighted by atomic mass is 9.86. The Bertz CT molecular complexity index is 790. The van der Waals surface area contributed by atoms with E-state index in [1.54, 1.807) is 6.08 Å². The van der Waals surface area contributed by atoms with Gasteiger partial charge in [-0.2, -0.15) is 0 Å². The monoisotopic (exact) mass is 404 g/mol. The van der Waals surface area contributed by atoms with Crippen LogP contribution in [0.2, 0.25) is 5.02 Å². The fourth-order valence-electron chi connectivity index (χ4n) is 3.41. The normalized spacial score (nSPS) is 19.6. The Morgan fingerprint density at radius 1 is 1.33 bits per heavy atom. The molecular formula is C20H25ClN4OS. The summed E-state index contributed by atoms with van der Waals surface area (Å²) in [5.74, 6) is 1.68. The van der Waals surface area contributed by atoms with Crippen LogP contribution in [0.5, 0.6) is 0 Å². The summed E-state index contributed by atoms with van der Waals surface area (Å²) < 4.78 is 1.97. The Morgan fingerprint density at radius 3 is 2.78 bits per heavy atom. The Kier molecular flexibility index (Phi) is 6.96. The van der Waals surface area contributed by atoms with Crippen LogP contribution in [0.25, 0.3) is 11.4 Å². The molecular weight excluding hydrogens is 380 g/mol. The van der Waals surface area contributed by atoms with Crippen LogP contribution in [0.4, 0.5) is 0 Å². The predicted octanol–water partition coefficient (Wildman–Crippen LogP) is 4.57. The van der Waals surface area contributed by atoms with Gasteiger partial charge in [-0.3, -0.25) is 9.36 Å². The number of hydrogen-bond acceptors (Lipinski definition) is 4. The molecule has 0 aliphatic heterocycles. The Labute approximate surface area is 169 Å². The van der Waals surface area contributed by atoms with Crippen LogP contribution in [-0.4, -0.2) is 32.5 Å². The van der Waals surface area contributed by atoms with Gasteiger partial charge < -0.3 is 5.32 Å². The highest BCUT2D eigenvalue weighted by Gasteiger charge is 2.23. The first-order valence-electron chi connectivity index (χ1n) is 9.30. The Morgan fingerprint density at radius 2 is 2.07 bits per heavy atom. The molecule has 1 amide bonds. The molecule has 1 aromatic carbocycles. The van der Waals surface area contributed by atoms with E-state index in [2.05, 4.69) is 29.0 Å². The van der Waals surface area contributed by atoms with Crippen LogP contribution in [-0.2, 0) is 11.3 Å². The number of nitrogens with zero attached hydrogens (tertiary/aromatic N) is 3. The minimum atomic E-state index is 0.0555. The number of halogens is 1. The van der Waals surface area contributed by atoms with Crippen molar-refractivity contribution in [2.75, 3.05) is 5.75 Å². The highest BCUT2D eigenvalue weighted by Crippen LogP contribution is 2.26. The van der Waals surface area contributed by atoms with Gasteiger partial charge in [0.2, 0.25) is 5.91 Å². The number of aromatic nitrogens is 3. The fourth-order valence-corrected chi connectivity index (χ4v) is 4.30. The number of benzene rings is 1.